The van der Waals surface area contributed by atoms with Crippen LogP contribution in [0.25, 0.3) is 0 Å². The van der Waals surface area contributed by atoms with Gasteiger partial charge < -0.3 is 35.5 Å². The van der Waals surface area contributed by atoms with Crippen LogP contribution in [-0.2, 0) is 14.8 Å². The highest BCUT2D eigenvalue weighted by molar-refractivity contribution is 7.94. The number of nitrogens with two attached hydrogens (primary N) is 1. The fourth-order valence-electron chi connectivity index (χ4n) is 3.22. The van der Waals surface area contributed by atoms with Gasteiger partial charge in [-0.25, -0.2) is 4.79 Å². The Morgan fingerprint density at radius 3 is 2.53 bits per heavy atom. The number of sulfonamides is 1. The summed E-state index contributed by atoms with van der Waals surface area (Å²) in [6.07, 6.45) is -0.885. The third-order valence-corrected chi connectivity index (χ3v) is 6.02. The Bertz CT molecular complexity index is 1290. The Kier molecular flexibility index (Phi) is 6.86. The molecule has 0 saturated heterocycles. The van der Waals surface area contributed by atoms with Crippen LogP contribution in [0.1, 0.15) is 41.3 Å². The van der Waals surface area contributed by atoms with Gasteiger partial charge in [0.2, 0.25) is 0 Å². The number of carbonyl (C=O) groups is 2. The van der Waals surface area contributed by atoms with Crippen LogP contribution in [0.2, 0.25) is 0 Å². The number of ether oxygens (including phenoxy) is 1. The molecule has 1 aliphatic rings. The van der Waals surface area contributed by atoms with Crippen molar-refractivity contribution in [2.75, 3.05) is 19.4 Å². The van der Waals surface area contributed by atoms with Crippen molar-refractivity contribution in [3.63, 3.8) is 0 Å². The van der Waals surface area contributed by atoms with Crippen molar-refractivity contribution in [1.29, 1.82) is 0 Å². The number of amidine groups is 1. The highest BCUT2D eigenvalue weighted by Crippen LogP contribution is 2.32. The molecule has 0 saturated carbocycles. The lowest BCUT2D eigenvalue weighted by molar-refractivity contribution is 0.0824. The number of hydrogen-bond donors (Lipinski definition) is 4. The number of hydrogen-bond acceptors (Lipinski definition) is 9. The number of rotatable bonds is 7. The number of para-hydroxylation sites is 1. The van der Waals surface area contributed by atoms with Crippen LogP contribution in [0.4, 0.5) is 10.5 Å². The molecule has 1 aromatic carbocycles. The van der Waals surface area contributed by atoms with Crippen LogP contribution in [0.3, 0.4) is 0 Å². The minimum Gasteiger partial charge on any atom is -0.505 e. The summed E-state index contributed by atoms with van der Waals surface area (Å²) < 4.78 is 39.4. The maximum atomic E-state index is 12.7. The van der Waals surface area contributed by atoms with Crippen LogP contribution < -0.4 is 16.4 Å². The fraction of sp³-hybridized carbons (Fsp3) is 0.286. The van der Waals surface area contributed by atoms with Gasteiger partial charge in [-0.05, 0) is 37.6 Å². The first kappa shape index (κ1) is 24.6. The van der Waals surface area contributed by atoms with Gasteiger partial charge in [0.05, 0.1) is 17.3 Å². The number of amides is 2. The molecule has 0 bridgehead atoms. The first-order chi connectivity index (χ1) is 15.9. The van der Waals surface area contributed by atoms with E-state index in [2.05, 4.69) is 15.0 Å². The van der Waals surface area contributed by atoms with Gasteiger partial charge in [0.15, 0.2) is 11.6 Å². The highest BCUT2D eigenvalue weighted by atomic mass is 32.2. The Balaban J connectivity index is 2.05. The van der Waals surface area contributed by atoms with Crippen molar-refractivity contribution in [2.24, 2.45) is 10.1 Å². The largest absolute Gasteiger partial charge is 0.505 e. The van der Waals surface area contributed by atoms with E-state index in [1.54, 1.807) is 19.1 Å². The van der Waals surface area contributed by atoms with Crippen molar-refractivity contribution < 1.29 is 32.3 Å². The maximum Gasteiger partial charge on any atom is 0.410 e. The zero-order valence-electron chi connectivity index (χ0n) is 18.9. The van der Waals surface area contributed by atoms with E-state index in [4.69, 9.17) is 14.9 Å². The third-order valence-electron chi connectivity index (χ3n) is 4.84. The quantitative estimate of drug-likeness (QED) is 0.423. The molecule has 0 fully saturated rings. The predicted octanol–water partition coefficient (Wildman–Crippen LogP) is 2.15. The highest BCUT2D eigenvalue weighted by Gasteiger charge is 2.38. The zero-order chi connectivity index (χ0) is 25.2. The number of anilines is 1. The van der Waals surface area contributed by atoms with E-state index < -0.39 is 38.9 Å². The van der Waals surface area contributed by atoms with E-state index in [0.29, 0.717) is 17.9 Å². The summed E-state index contributed by atoms with van der Waals surface area (Å²) in [6, 6.07) is 7.29. The van der Waals surface area contributed by atoms with Gasteiger partial charge in [-0.2, -0.15) is 8.42 Å². The Morgan fingerprint density at radius 1 is 1.26 bits per heavy atom. The number of furan rings is 1. The van der Waals surface area contributed by atoms with Crippen LogP contribution in [0.5, 0.6) is 5.75 Å². The second-order valence-electron chi connectivity index (χ2n) is 7.58. The molecule has 0 aliphatic carbocycles. The SMILES string of the molecule is CC[C@@H](NC1=C(OC(N)=O)S(=O)(=O)N=C1Nc1cccc(C(=O)N(C)C)c1O)c1ccc(C)o1. The number of phenolic OH excluding ortho intramolecular Hbond substituents is 1. The monoisotopic (exact) mass is 491 g/mol. The summed E-state index contributed by atoms with van der Waals surface area (Å²) in [6.45, 7) is 3.59. The number of aryl methyl sites for hydroxylation is 1. The van der Waals surface area contributed by atoms with Crippen molar-refractivity contribution in [3.8, 4) is 5.75 Å². The fourth-order valence-corrected chi connectivity index (χ4v) is 4.28. The summed E-state index contributed by atoms with van der Waals surface area (Å²) in [5.74, 6) is 0.00144. The van der Waals surface area contributed by atoms with E-state index in [0.717, 1.165) is 0 Å². The zero-order valence-corrected chi connectivity index (χ0v) is 19.8. The molecule has 0 unspecified atom stereocenters. The van der Waals surface area contributed by atoms with Crippen molar-refractivity contribution in [1.82, 2.24) is 10.2 Å². The number of aromatic hydroxyl groups is 1. The average Bonchev–Trinajstić information content (AvgIpc) is 3.28. The normalized spacial score (nSPS) is 15.5. The average molecular weight is 492 g/mol. The summed E-state index contributed by atoms with van der Waals surface area (Å²) in [4.78, 5) is 25.0. The standard InChI is InChI=1S/C21H25N5O7S/c1-5-13(15-10-9-11(2)32-15)23-16-18(25-34(30,31)20(16)33-21(22)29)24-14-8-6-7-12(17(14)27)19(28)26(3)4/h6-10,13,23,27H,5H2,1-4H3,(H2,22,29)(H,24,25)/t13-/m1/s1. The van der Waals surface area contributed by atoms with Gasteiger partial charge in [-0.3, -0.25) is 4.79 Å². The molecule has 1 aromatic heterocycles. The topological polar surface area (TPSA) is 177 Å². The minimum atomic E-state index is -4.45. The lowest BCUT2D eigenvalue weighted by Crippen LogP contribution is -2.30. The molecule has 0 radical (unpaired) electrons. The Labute approximate surface area is 196 Å². The first-order valence-corrected chi connectivity index (χ1v) is 11.6. The van der Waals surface area contributed by atoms with Crippen LogP contribution in [-0.4, -0.2) is 50.4 Å². The minimum absolute atomic E-state index is 0.00293. The smallest absolute Gasteiger partial charge is 0.410 e. The van der Waals surface area contributed by atoms with E-state index >= 15 is 0 Å². The molecule has 0 spiro atoms. The molecular weight excluding hydrogens is 466 g/mol. The van der Waals surface area contributed by atoms with Gasteiger partial charge >= 0.3 is 16.1 Å². The number of nitrogens with zero attached hydrogens (tertiary/aromatic N) is 2. The molecule has 5 N–H and O–H groups in total. The number of benzene rings is 1. The lowest BCUT2D eigenvalue weighted by atomic mass is 10.1. The first-order valence-electron chi connectivity index (χ1n) is 10.1. The maximum absolute atomic E-state index is 12.7. The van der Waals surface area contributed by atoms with Gasteiger partial charge in [-0.15, -0.1) is 4.40 Å². The van der Waals surface area contributed by atoms with Crippen molar-refractivity contribution >= 4 is 33.5 Å². The van der Waals surface area contributed by atoms with Crippen molar-refractivity contribution in [2.45, 2.75) is 26.3 Å². The number of nitrogens with one attached hydrogen (secondary N) is 2. The second-order valence-corrected chi connectivity index (χ2v) is 9.08. The number of carbonyl (C=O) groups excluding carboxylic acids is 2. The van der Waals surface area contributed by atoms with E-state index in [1.807, 2.05) is 6.92 Å². The molecule has 182 valence electrons. The van der Waals surface area contributed by atoms with E-state index in [1.165, 1.54) is 37.2 Å². The molecule has 3 rings (SSSR count). The molecule has 12 nitrogen and oxygen atoms in total. The van der Waals surface area contributed by atoms with Crippen LogP contribution >= 0.6 is 0 Å². The summed E-state index contributed by atoms with van der Waals surface area (Å²) in [7, 11) is -1.41. The van der Waals surface area contributed by atoms with Crippen molar-refractivity contribution in [3.05, 3.63) is 58.2 Å². The summed E-state index contributed by atoms with van der Waals surface area (Å²) in [5.41, 5.74) is 4.88. The van der Waals surface area contributed by atoms with Gasteiger partial charge in [0.1, 0.15) is 17.2 Å². The molecule has 34 heavy (non-hydrogen) atoms. The second kappa shape index (κ2) is 9.47. The van der Waals surface area contributed by atoms with Gasteiger partial charge in [0.25, 0.3) is 11.0 Å². The number of phenols is 1. The van der Waals surface area contributed by atoms with Crippen LogP contribution in [0.15, 0.2) is 49.9 Å². The molecule has 2 aromatic rings. The Hall–Kier alpha value is -4.00. The van der Waals surface area contributed by atoms with E-state index in [9.17, 15) is 23.1 Å². The molecule has 2 heterocycles. The molecule has 1 atom stereocenters. The summed E-state index contributed by atoms with van der Waals surface area (Å²) >= 11 is 0. The van der Waals surface area contributed by atoms with Gasteiger partial charge in [-0.1, -0.05) is 13.0 Å². The van der Waals surface area contributed by atoms with Gasteiger partial charge in [0, 0.05) is 14.1 Å². The Morgan fingerprint density at radius 2 is 1.97 bits per heavy atom. The molecule has 2 amide bonds. The lowest BCUT2D eigenvalue weighted by Gasteiger charge is -2.20. The molecular formula is C21H25N5O7S. The third kappa shape index (κ3) is 4.98. The molecule has 13 heteroatoms. The number of primary amides is 1. The predicted molar refractivity (Wildman–Crippen MR) is 123 cm³/mol. The summed E-state index contributed by atoms with van der Waals surface area (Å²) in [5, 5.41) is 15.5. The van der Waals surface area contributed by atoms with E-state index in [-0.39, 0.29) is 22.8 Å². The molecule has 1 aliphatic heterocycles. The van der Waals surface area contributed by atoms with Crippen LogP contribution in [0, 0.1) is 6.92 Å².